The minimum absolute atomic E-state index is 0.00196. The zero-order valence-electron chi connectivity index (χ0n) is 12.9. The maximum Gasteiger partial charge on any atom is 0.236 e. The van der Waals surface area contributed by atoms with Crippen LogP contribution in [0.5, 0.6) is 5.75 Å². The van der Waals surface area contributed by atoms with Gasteiger partial charge in [0, 0.05) is 15.3 Å². The maximum atomic E-state index is 12.6. The monoisotopic (exact) mass is 333 g/mol. The number of benzene rings is 1. The highest BCUT2D eigenvalue weighted by Gasteiger charge is 2.39. The summed E-state index contributed by atoms with van der Waals surface area (Å²) < 4.78 is 5.42. The Bertz CT molecular complexity index is 683. The van der Waals surface area contributed by atoms with Crippen molar-refractivity contribution >= 4 is 29.0 Å². The Morgan fingerprint density at radius 2 is 2.00 bits per heavy atom. The van der Waals surface area contributed by atoms with E-state index in [9.17, 15) is 4.79 Å². The Morgan fingerprint density at radius 3 is 2.68 bits per heavy atom. The minimum Gasteiger partial charge on any atom is -0.496 e. The number of thiophene rings is 1. The van der Waals surface area contributed by atoms with Crippen molar-refractivity contribution < 1.29 is 9.53 Å². The van der Waals surface area contributed by atoms with E-state index in [-0.39, 0.29) is 16.5 Å². The van der Waals surface area contributed by atoms with Gasteiger partial charge in [0.15, 0.2) is 0 Å². The Kier molecular flexibility index (Phi) is 4.45. The first-order chi connectivity index (χ1) is 10.6. The summed E-state index contributed by atoms with van der Waals surface area (Å²) >= 11 is 3.49. The summed E-state index contributed by atoms with van der Waals surface area (Å²) in [6.45, 7) is 4.67. The number of para-hydroxylation sites is 1. The van der Waals surface area contributed by atoms with E-state index in [0.717, 1.165) is 11.3 Å². The van der Waals surface area contributed by atoms with Gasteiger partial charge in [0.05, 0.1) is 18.9 Å². The van der Waals surface area contributed by atoms with Crippen LogP contribution in [0.3, 0.4) is 0 Å². The van der Waals surface area contributed by atoms with Gasteiger partial charge in [-0.15, -0.1) is 23.1 Å². The molecule has 116 valence electrons. The third kappa shape index (κ3) is 2.88. The predicted octanol–water partition coefficient (Wildman–Crippen LogP) is 4.23. The minimum atomic E-state index is 0.00196. The van der Waals surface area contributed by atoms with Gasteiger partial charge in [-0.05, 0) is 32.0 Å². The first-order valence-corrected chi connectivity index (χ1v) is 9.00. The second kappa shape index (κ2) is 6.34. The van der Waals surface area contributed by atoms with Gasteiger partial charge in [0.25, 0.3) is 0 Å². The smallest absolute Gasteiger partial charge is 0.236 e. The van der Waals surface area contributed by atoms with Gasteiger partial charge in [-0.2, -0.15) is 0 Å². The fourth-order valence-electron chi connectivity index (χ4n) is 2.66. The van der Waals surface area contributed by atoms with Crippen molar-refractivity contribution in [2.45, 2.75) is 31.0 Å². The van der Waals surface area contributed by atoms with Crippen LogP contribution in [0, 0.1) is 6.92 Å². The molecule has 3 nitrogen and oxygen atoms in total. The van der Waals surface area contributed by atoms with E-state index in [4.69, 9.17) is 4.74 Å². The molecule has 22 heavy (non-hydrogen) atoms. The lowest BCUT2D eigenvalue weighted by Crippen LogP contribution is -2.29. The fraction of sp³-hybridized carbons (Fsp3) is 0.353. The number of aryl methyl sites for hydroxylation is 1. The number of methoxy groups -OCH3 is 1. The number of rotatable bonds is 4. The molecule has 0 aliphatic carbocycles. The quantitative estimate of drug-likeness (QED) is 0.839. The molecule has 1 aromatic carbocycles. The molecule has 0 bridgehead atoms. The molecule has 1 aliphatic rings. The number of carbonyl (C=O) groups is 1. The SMILES string of the molecule is COc1ccccc1CN1C(=O)[C@H](C)S[C@H]1c1ccc(C)s1. The van der Waals surface area contributed by atoms with E-state index in [1.54, 1.807) is 30.2 Å². The molecular weight excluding hydrogens is 314 g/mol. The zero-order valence-corrected chi connectivity index (χ0v) is 14.5. The number of nitrogens with zero attached hydrogens (tertiary/aromatic N) is 1. The highest BCUT2D eigenvalue weighted by Crippen LogP contribution is 2.46. The lowest BCUT2D eigenvalue weighted by molar-refractivity contribution is -0.130. The number of carbonyl (C=O) groups excluding carboxylic acids is 1. The number of ether oxygens (including phenoxy) is 1. The molecule has 1 aromatic heterocycles. The largest absolute Gasteiger partial charge is 0.496 e. The van der Waals surface area contributed by atoms with Crippen molar-refractivity contribution in [3.8, 4) is 5.75 Å². The molecule has 0 saturated carbocycles. The van der Waals surface area contributed by atoms with Crippen LogP contribution >= 0.6 is 23.1 Å². The van der Waals surface area contributed by atoms with Gasteiger partial charge in [-0.3, -0.25) is 4.79 Å². The predicted molar refractivity (Wildman–Crippen MR) is 92.4 cm³/mol. The first kappa shape index (κ1) is 15.4. The molecule has 0 unspecified atom stereocenters. The molecular formula is C17H19NO2S2. The summed E-state index contributed by atoms with van der Waals surface area (Å²) in [6, 6.07) is 12.2. The molecule has 0 radical (unpaired) electrons. The summed E-state index contributed by atoms with van der Waals surface area (Å²) in [5.41, 5.74) is 1.05. The van der Waals surface area contributed by atoms with Gasteiger partial charge in [0.2, 0.25) is 5.91 Å². The number of thioether (sulfide) groups is 1. The Balaban J connectivity index is 1.90. The van der Waals surface area contributed by atoms with Crippen LogP contribution in [0.4, 0.5) is 0 Å². The van der Waals surface area contributed by atoms with Crippen molar-refractivity contribution in [2.75, 3.05) is 7.11 Å². The van der Waals surface area contributed by atoms with Gasteiger partial charge in [-0.1, -0.05) is 18.2 Å². The van der Waals surface area contributed by atoms with Gasteiger partial charge in [0.1, 0.15) is 11.1 Å². The van der Waals surface area contributed by atoms with Crippen LogP contribution in [0.15, 0.2) is 36.4 Å². The molecule has 2 atom stereocenters. The zero-order chi connectivity index (χ0) is 15.7. The van der Waals surface area contributed by atoms with Crippen LogP contribution in [-0.2, 0) is 11.3 Å². The number of hydrogen-bond donors (Lipinski definition) is 0. The van der Waals surface area contributed by atoms with E-state index in [1.165, 1.54) is 9.75 Å². The van der Waals surface area contributed by atoms with E-state index >= 15 is 0 Å². The molecule has 1 fully saturated rings. The molecule has 0 N–H and O–H groups in total. The fourth-order valence-corrected chi connectivity index (χ4v) is 5.02. The third-order valence-electron chi connectivity index (χ3n) is 3.78. The molecule has 5 heteroatoms. The second-order valence-electron chi connectivity index (χ2n) is 5.36. The van der Waals surface area contributed by atoms with Crippen LogP contribution in [-0.4, -0.2) is 23.2 Å². The molecule has 2 heterocycles. The first-order valence-electron chi connectivity index (χ1n) is 7.24. The van der Waals surface area contributed by atoms with Crippen molar-refractivity contribution in [2.24, 2.45) is 0 Å². The Labute approximate surface area is 139 Å². The Hall–Kier alpha value is -1.46. The maximum absolute atomic E-state index is 12.6. The van der Waals surface area contributed by atoms with E-state index < -0.39 is 0 Å². The lowest BCUT2D eigenvalue weighted by Gasteiger charge is -2.24. The topological polar surface area (TPSA) is 29.5 Å². The summed E-state index contributed by atoms with van der Waals surface area (Å²) in [5.74, 6) is 1.04. The highest BCUT2D eigenvalue weighted by molar-refractivity contribution is 8.01. The molecule has 2 aromatic rings. The van der Waals surface area contributed by atoms with Crippen LogP contribution in [0.25, 0.3) is 0 Å². The van der Waals surface area contributed by atoms with Gasteiger partial charge >= 0.3 is 0 Å². The van der Waals surface area contributed by atoms with Crippen molar-refractivity contribution in [3.05, 3.63) is 51.7 Å². The van der Waals surface area contributed by atoms with Crippen molar-refractivity contribution in [1.82, 2.24) is 4.90 Å². The summed E-state index contributed by atoms with van der Waals surface area (Å²) in [7, 11) is 1.67. The average Bonchev–Trinajstić information content (AvgIpc) is 3.06. The number of hydrogen-bond acceptors (Lipinski definition) is 4. The molecule has 1 aliphatic heterocycles. The molecule has 1 amide bonds. The summed E-state index contributed by atoms with van der Waals surface area (Å²) in [6.07, 6.45) is 0. The lowest BCUT2D eigenvalue weighted by atomic mass is 10.1. The highest BCUT2D eigenvalue weighted by atomic mass is 32.2. The summed E-state index contributed by atoms with van der Waals surface area (Å²) in [5, 5.41) is 0.105. The standard InChI is InChI=1S/C17H19NO2S2/c1-11-8-9-15(21-11)17-18(16(19)12(2)22-17)10-13-6-4-5-7-14(13)20-3/h4-9,12,17H,10H2,1-3H3/t12-,17-/m0/s1. The number of amides is 1. The van der Waals surface area contributed by atoms with Gasteiger partial charge in [-0.25, -0.2) is 0 Å². The van der Waals surface area contributed by atoms with Gasteiger partial charge < -0.3 is 9.64 Å². The van der Waals surface area contributed by atoms with E-state index in [0.29, 0.717) is 6.54 Å². The van der Waals surface area contributed by atoms with Crippen molar-refractivity contribution in [1.29, 1.82) is 0 Å². The summed E-state index contributed by atoms with van der Waals surface area (Å²) in [4.78, 5) is 17.1. The molecule has 0 spiro atoms. The van der Waals surface area contributed by atoms with Crippen molar-refractivity contribution in [3.63, 3.8) is 0 Å². The third-order valence-corrected chi connectivity index (χ3v) is 6.36. The van der Waals surface area contributed by atoms with E-state index in [2.05, 4.69) is 19.1 Å². The van der Waals surface area contributed by atoms with Crippen LogP contribution in [0.2, 0.25) is 0 Å². The average molecular weight is 333 g/mol. The Morgan fingerprint density at radius 1 is 1.23 bits per heavy atom. The normalized spacial score (nSPS) is 21.4. The second-order valence-corrected chi connectivity index (χ2v) is 8.10. The molecule has 1 saturated heterocycles. The van der Waals surface area contributed by atoms with Crippen LogP contribution in [0.1, 0.15) is 27.6 Å². The van der Waals surface area contributed by atoms with E-state index in [1.807, 2.05) is 36.1 Å². The molecule has 3 rings (SSSR count). The van der Waals surface area contributed by atoms with Crippen LogP contribution < -0.4 is 4.74 Å².